The van der Waals surface area contributed by atoms with E-state index in [2.05, 4.69) is 0 Å². The van der Waals surface area contributed by atoms with E-state index < -0.39 is 81.6 Å². The fourth-order valence-corrected chi connectivity index (χ4v) is 20.2. The lowest BCUT2D eigenvalue weighted by Crippen LogP contribution is -2.67. The third kappa shape index (κ3) is 9.78. The molecule has 1 heterocycles. The molecule has 0 aromatic carbocycles. The molecule has 1 atom stereocenters. The van der Waals surface area contributed by atoms with Gasteiger partial charge in [-0.2, -0.15) is 39.5 Å². The van der Waals surface area contributed by atoms with E-state index >= 15 is 0 Å². The molecule has 162 valence electrons. The normalized spacial score (nSPS) is 26.2. The lowest BCUT2D eigenvalue weighted by molar-refractivity contribution is -0.133. The van der Waals surface area contributed by atoms with Gasteiger partial charge in [-0.05, 0) is 37.8 Å². The van der Waals surface area contributed by atoms with E-state index in [1.54, 1.807) is 0 Å². The summed E-state index contributed by atoms with van der Waals surface area (Å²) in [4.78, 5) is 0. The first-order valence-electron chi connectivity index (χ1n) is 8.05. The van der Waals surface area contributed by atoms with Crippen molar-refractivity contribution >= 4 is 25.7 Å². The van der Waals surface area contributed by atoms with Crippen molar-refractivity contribution in [3.05, 3.63) is 0 Å². The predicted octanol–water partition coefficient (Wildman–Crippen LogP) is 6.12. The second-order valence-electron chi connectivity index (χ2n) is 7.10. The third-order valence-corrected chi connectivity index (χ3v) is 17.3. The quantitative estimate of drug-likeness (QED) is 0.347. The minimum absolute atomic E-state index is 0.608. The van der Waals surface area contributed by atoms with E-state index in [9.17, 15) is 39.5 Å². The maximum atomic E-state index is 12.7. The molecule has 15 heteroatoms. The van der Waals surface area contributed by atoms with Crippen LogP contribution in [0.1, 0.15) is 19.3 Å². The van der Waals surface area contributed by atoms with Crippen LogP contribution in [0.2, 0.25) is 37.8 Å². The molecule has 1 fully saturated rings. The van der Waals surface area contributed by atoms with Gasteiger partial charge in [0, 0.05) is 19.3 Å². The Labute approximate surface area is 153 Å². The minimum Gasteiger partial charge on any atom is -0.416 e. The first kappa shape index (κ1) is 24.9. The predicted molar refractivity (Wildman–Crippen MR) is 84.5 cm³/mol. The molecule has 0 N–H and O–H groups in total. The summed E-state index contributed by atoms with van der Waals surface area (Å²) in [5.74, 6) is 0. The molecule has 1 saturated heterocycles. The Kier molecular flexibility index (Phi) is 7.36. The SMILES string of the molecule is C[Si]1(C)O[Si](C)(CCC(F)(F)F)O[Si](CCC(F)(F)F)(CCC(F)(F)F)O1. The van der Waals surface area contributed by atoms with Crippen LogP contribution in [0, 0.1) is 0 Å². The van der Waals surface area contributed by atoms with Gasteiger partial charge in [0.1, 0.15) is 0 Å². The van der Waals surface area contributed by atoms with Crippen LogP contribution < -0.4 is 0 Å². The fraction of sp³-hybridized carbons (Fsp3) is 1.00. The monoisotopic (exact) mass is 468 g/mol. The molecule has 0 bridgehead atoms. The van der Waals surface area contributed by atoms with Gasteiger partial charge in [-0.25, -0.2) is 0 Å². The van der Waals surface area contributed by atoms with Crippen LogP contribution in [-0.2, 0) is 12.3 Å². The highest BCUT2D eigenvalue weighted by atomic mass is 28.5. The molecule has 1 aliphatic rings. The summed E-state index contributed by atoms with van der Waals surface area (Å²) < 4.78 is 130. The van der Waals surface area contributed by atoms with Crippen molar-refractivity contribution in [1.29, 1.82) is 0 Å². The Hall–Kier alpha value is -0.0994. The number of alkyl halides is 9. The van der Waals surface area contributed by atoms with Crippen molar-refractivity contribution in [2.45, 2.75) is 75.6 Å². The Morgan fingerprint density at radius 2 is 0.926 bits per heavy atom. The van der Waals surface area contributed by atoms with E-state index in [4.69, 9.17) is 12.3 Å². The van der Waals surface area contributed by atoms with Crippen LogP contribution in [0.15, 0.2) is 0 Å². The van der Waals surface area contributed by atoms with Crippen LogP contribution in [0.4, 0.5) is 39.5 Å². The number of halogens is 9. The smallest absolute Gasteiger partial charge is 0.389 e. The Morgan fingerprint density at radius 3 is 1.30 bits per heavy atom. The molecule has 1 unspecified atom stereocenters. The summed E-state index contributed by atoms with van der Waals surface area (Å²) in [6.07, 6.45) is -18.0. The van der Waals surface area contributed by atoms with E-state index in [0.29, 0.717) is 0 Å². The minimum atomic E-state index is -4.65. The fourth-order valence-electron chi connectivity index (χ4n) is 2.89. The van der Waals surface area contributed by atoms with Crippen molar-refractivity contribution in [1.82, 2.24) is 0 Å². The van der Waals surface area contributed by atoms with Crippen LogP contribution in [0.3, 0.4) is 0 Å². The molecule has 0 saturated carbocycles. The summed E-state index contributed by atoms with van der Waals surface area (Å²) in [6, 6.07) is -2.22. The van der Waals surface area contributed by atoms with Gasteiger partial charge in [0.2, 0.25) is 0 Å². The zero-order chi connectivity index (χ0) is 21.4. The molecule has 0 spiro atoms. The highest BCUT2D eigenvalue weighted by Gasteiger charge is 2.58. The lowest BCUT2D eigenvalue weighted by atomic mass is 10.5. The summed E-state index contributed by atoms with van der Waals surface area (Å²) in [5.41, 5.74) is 0. The standard InChI is InChI=1S/C12H21F9O3Si3/c1-25(2)22-26(3,7-4-10(13,14)15)24-27(23-25,8-5-11(16,17)18)9-6-12(19,20)21/h4-9H2,1-3H3. The third-order valence-electron chi connectivity index (χ3n) is 3.74. The zero-order valence-corrected chi connectivity index (χ0v) is 17.9. The van der Waals surface area contributed by atoms with Crippen molar-refractivity contribution in [2.24, 2.45) is 0 Å². The van der Waals surface area contributed by atoms with Crippen molar-refractivity contribution < 1.29 is 51.9 Å². The molecule has 0 amide bonds. The van der Waals surface area contributed by atoms with E-state index in [0.717, 1.165) is 0 Å². The number of rotatable bonds is 6. The van der Waals surface area contributed by atoms with E-state index in [1.165, 1.54) is 19.6 Å². The average molecular weight is 469 g/mol. The van der Waals surface area contributed by atoms with Crippen LogP contribution in [0.25, 0.3) is 0 Å². The number of hydrogen-bond acceptors (Lipinski definition) is 3. The maximum Gasteiger partial charge on any atom is 0.389 e. The van der Waals surface area contributed by atoms with Crippen molar-refractivity contribution in [3.63, 3.8) is 0 Å². The molecular formula is C12H21F9O3Si3. The van der Waals surface area contributed by atoms with Gasteiger partial charge in [-0.15, -0.1) is 0 Å². The van der Waals surface area contributed by atoms with Crippen molar-refractivity contribution in [2.75, 3.05) is 0 Å². The van der Waals surface area contributed by atoms with Crippen LogP contribution >= 0.6 is 0 Å². The van der Waals surface area contributed by atoms with E-state index in [1.807, 2.05) is 0 Å². The van der Waals surface area contributed by atoms with Gasteiger partial charge in [0.15, 0.2) is 0 Å². The second kappa shape index (κ2) is 7.97. The first-order chi connectivity index (χ1) is 11.7. The molecule has 0 radical (unpaired) electrons. The molecule has 0 aliphatic carbocycles. The summed E-state index contributed by atoms with van der Waals surface area (Å²) in [6.45, 7) is 4.05. The topological polar surface area (TPSA) is 27.7 Å². The van der Waals surface area contributed by atoms with Gasteiger partial charge in [0.25, 0.3) is 0 Å². The molecule has 1 rings (SSSR count). The summed E-state index contributed by atoms with van der Waals surface area (Å²) in [7, 11) is -11.0. The summed E-state index contributed by atoms with van der Waals surface area (Å²) >= 11 is 0. The Balaban J connectivity index is 3.12. The average Bonchev–Trinajstić information content (AvgIpc) is 2.37. The van der Waals surface area contributed by atoms with Gasteiger partial charge < -0.3 is 12.3 Å². The van der Waals surface area contributed by atoms with Crippen LogP contribution in [-0.4, -0.2) is 44.2 Å². The lowest BCUT2D eigenvalue weighted by Gasteiger charge is -2.50. The molecule has 0 aromatic heterocycles. The highest BCUT2D eigenvalue weighted by Crippen LogP contribution is 2.43. The maximum absolute atomic E-state index is 12.7. The Bertz CT molecular complexity index is 489. The largest absolute Gasteiger partial charge is 0.416 e. The molecule has 27 heavy (non-hydrogen) atoms. The molecular weight excluding hydrogens is 447 g/mol. The van der Waals surface area contributed by atoms with Gasteiger partial charge in [-0.3, -0.25) is 0 Å². The zero-order valence-electron chi connectivity index (χ0n) is 14.9. The van der Waals surface area contributed by atoms with Gasteiger partial charge >= 0.3 is 44.2 Å². The van der Waals surface area contributed by atoms with Gasteiger partial charge in [0.05, 0.1) is 0 Å². The number of hydrogen-bond donors (Lipinski definition) is 0. The second-order valence-corrected chi connectivity index (χ2v) is 17.9. The first-order valence-corrected chi connectivity index (χ1v) is 15.6. The van der Waals surface area contributed by atoms with E-state index in [-0.39, 0.29) is 0 Å². The van der Waals surface area contributed by atoms with Crippen molar-refractivity contribution in [3.8, 4) is 0 Å². The molecule has 0 aromatic rings. The highest BCUT2D eigenvalue weighted by molar-refractivity contribution is 6.93. The van der Waals surface area contributed by atoms with Crippen LogP contribution in [0.5, 0.6) is 0 Å². The summed E-state index contributed by atoms with van der Waals surface area (Å²) in [5, 5.41) is 0. The van der Waals surface area contributed by atoms with Gasteiger partial charge in [-0.1, -0.05) is 0 Å². The Morgan fingerprint density at radius 1 is 0.556 bits per heavy atom. The molecule has 1 aliphatic heterocycles. The molecule has 3 nitrogen and oxygen atoms in total.